The quantitative estimate of drug-likeness (QED) is 0.731. The monoisotopic (exact) mass is 308 g/mol. The molecule has 0 radical (unpaired) electrons. The van der Waals surface area contributed by atoms with E-state index in [1.54, 1.807) is 0 Å². The van der Waals surface area contributed by atoms with Gasteiger partial charge in [0, 0.05) is 6.42 Å². The molecule has 0 aliphatic heterocycles. The van der Waals surface area contributed by atoms with E-state index in [2.05, 4.69) is 76.5 Å². The highest BCUT2D eigenvalue weighted by atomic mass is 28.4. The lowest BCUT2D eigenvalue weighted by atomic mass is 10.1. The van der Waals surface area contributed by atoms with Gasteiger partial charge in [0.1, 0.15) is 5.60 Å². The van der Waals surface area contributed by atoms with Gasteiger partial charge in [-0.1, -0.05) is 30.3 Å². The summed E-state index contributed by atoms with van der Waals surface area (Å²) in [7, 11) is -3.23. The maximum absolute atomic E-state index is 6.62. The van der Waals surface area contributed by atoms with Crippen molar-refractivity contribution in [1.82, 2.24) is 0 Å². The largest absolute Gasteiger partial charge is 0.409 e. The molecule has 112 valence electrons. The van der Waals surface area contributed by atoms with E-state index in [9.17, 15) is 0 Å². The van der Waals surface area contributed by atoms with E-state index >= 15 is 0 Å². The Hall–Kier alpha value is -0.426. The van der Waals surface area contributed by atoms with Crippen molar-refractivity contribution in [3.8, 4) is 0 Å². The highest BCUT2D eigenvalue weighted by molar-refractivity contribution is 6.70. The fraction of sp³-hybridized carbons (Fsp3) is 0.625. The molecule has 0 aromatic heterocycles. The van der Waals surface area contributed by atoms with E-state index in [-0.39, 0.29) is 11.2 Å². The molecule has 0 saturated heterocycles. The first-order valence-corrected chi connectivity index (χ1v) is 14.3. The van der Waals surface area contributed by atoms with Gasteiger partial charge in [0.2, 0.25) is 0 Å². The topological polar surface area (TPSA) is 18.5 Å². The fourth-order valence-corrected chi connectivity index (χ4v) is 6.11. The first-order chi connectivity index (χ1) is 8.98. The zero-order valence-corrected chi connectivity index (χ0v) is 15.9. The molecule has 0 heterocycles. The molecular formula is C16H28O2Si2. The molecule has 1 fully saturated rings. The summed E-state index contributed by atoms with van der Waals surface area (Å²) in [6.07, 6.45) is 0.971. The Morgan fingerprint density at radius 2 is 1.35 bits per heavy atom. The second-order valence-electron chi connectivity index (χ2n) is 8.03. The van der Waals surface area contributed by atoms with Gasteiger partial charge in [0.05, 0.1) is 5.60 Å². The van der Waals surface area contributed by atoms with Crippen molar-refractivity contribution in [3.63, 3.8) is 0 Å². The predicted octanol–water partition coefficient (Wildman–Crippen LogP) is 4.75. The normalized spacial score (nSPS) is 30.4. The maximum atomic E-state index is 6.62. The van der Waals surface area contributed by atoms with Gasteiger partial charge in [-0.15, -0.1) is 0 Å². The van der Waals surface area contributed by atoms with Crippen LogP contribution in [-0.4, -0.2) is 22.2 Å². The van der Waals surface area contributed by atoms with Crippen LogP contribution in [0.3, 0.4) is 0 Å². The third-order valence-corrected chi connectivity index (χ3v) is 5.59. The van der Waals surface area contributed by atoms with Crippen molar-refractivity contribution < 1.29 is 8.85 Å². The van der Waals surface area contributed by atoms with Crippen molar-refractivity contribution in [1.29, 1.82) is 0 Å². The number of hydrogen-bond acceptors (Lipinski definition) is 2. The van der Waals surface area contributed by atoms with Gasteiger partial charge < -0.3 is 8.85 Å². The van der Waals surface area contributed by atoms with Gasteiger partial charge in [0.15, 0.2) is 16.6 Å². The third-order valence-electron chi connectivity index (χ3n) is 3.57. The van der Waals surface area contributed by atoms with Crippen LogP contribution in [-0.2, 0) is 14.5 Å². The van der Waals surface area contributed by atoms with Gasteiger partial charge in [-0.3, -0.25) is 0 Å². The van der Waals surface area contributed by atoms with Crippen LogP contribution in [0, 0.1) is 0 Å². The summed E-state index contributed by atoms with van der Waals surface area (Å²) in [5, 5.41) is 0. The van der Waals surface area contributed by atoms with Crippen molar-refractivity contribution in [2.45, 2.75) is 63.8 Å². The lowest BCUT2D eigenvalue weighted by Crippen LogP contribution is -2.41. The highest BCUT2D eigenvalue weighted by Crippen LogP contribution is 2.62. The van der Waals surface area contributed by atoms with E-state index in [1.807, 2.05) is 0 Å². The lowest BCUT2D eigenvalue weighted by molar-refractivity contribution is 0.0537. The molecule has 0 amide bonds. The predicted molar refractivity (Wildman–Crippen MR) is 90.0 cm³/mol. The molecule has 1 aromatic carbocycles. The smallest absolute Gasteiger partial charge is 0.185 e. The SMILES string of the molecule is C[C@]1(O[Si](C)(C)C)C[C@]1(O[Si](C)(C)C)c1ccccc1. The zero-order chi connectivity index (χ0) is 15.2. The van der Waals surface area contributed by atoms with Crippen LogP contribution < -0.4 is 0 Å². The highest BCUT2D eigenvalue weighted by Gasteiger charge is 2.69. The van der Waals surface area contributed by atoms with Gasteiger partial charge in [-0.25, -0.2) is 0 Å². The molecule has 0 N–H and O–H groups in total. The zero-order valence-electron chi connectivity index (χ0n) is 13.9. The minimum atomic E-state index is -1.64. The van der Waals surface area contributed by atoms with Crippen LogP contribution in [0.4, 0.5) is 0 Å². The second-order valence-corrected chi connectivity index (χ2v) is 16.9. The van der Waals surface area contributed by atoms with Crippen molar-refractivity contribution in [3.05, 3.63) is 35.9 Å². The first-order valence-electron chi connectivity index (χ1n) is 7.43. The maximum Gasteiger partial charge on any atom is 0.185 e. The summed E-state index contributed by atoms with van der Waals surface area (Å²) in [6.45, 7) is 15.7. The Labute approximate surface area is 125 Å². The van der Waals surface area contributed by atoms with Gasteiger partial charge in [-0.2, -0.15) is 0 Å². The van der Waals surface area contributed by atoms with Gasteiger partial charge in [-0.05, 0) is 51.8 Å². The van der Waals surface area contributed by atoms with Crippen molar-refractivity contribution in [2.75, 3.05) is 0 Å². The number of hydrogen-bond donors (Lipinski definition) is 0. The Morgan fingerprint density at radius 1 is 0.850 bits per heavy atom. The van der Waals surface area contributed by atoms with E-state index in [4.69, 9.17) is 8.85 Å². The molecule has 1 aliphatic rings. The summed E-state index contributed by atoms with van der Waals surface area (Å²) in [6, 6.07) is 10.6. The van der Waals surface area contributed by atoms with E-state index in [0.717, 1.165) is 6.42 Å². The van der Waals surface area contributed by atoms with Crippen LogP contribution >= 0.6 is 0 Å². The molecule has 4 heteroatoms. The van der Waals surface area contributed by atoms with Gasteiger partial charge in [0.25, 0.3) is 0 Å². The van der Waals surface area contributed by atoms with Crippen LogP contribution in [0.15, 0.2) is 30.3 Å². The minimum absolute atomic E-state index is 0.168. The molecule has 2 nitrogen and oxygen atoms in total. The Morgan fingerprint density at radius 3 is 1.80 bits per heavy atom. The summed E-state index contributed by atoms with van der Waals surface area (Å²) >= 11 is 0. The molecule has 0 unspecified atom stereocenters. The lowest BCUT2D eigenvalue weighted by Gasteiger charge is -2.34. The van der Waals surface area contributed by atoms with Crippen LogP contribution in [0.5, 0.6) is 0 Å². The minimum Gasteiger partial charge on any atom is -0.409 e. The second kappa shape index (κ2) is 4.80. The van der Waals surface area contributed by atoms with Crippen molar-refractivity contribution >= 4 is 16.6 Å². The summed E-state index contributed by atoms with van der Waals surface area (Å²) in [5.74, 6) is 0. The molecule has 0 spiro atoms. The molecule has 1 aliphatic carbocycles. The molecule has 20 heavy (non-hydrogen) atoms. The molecule has 1 saturated carbocycles. The molecule has 1 aromatic rings. The molecule has 2 rings (SSSR count). The standard InChI is InChI=1S/C16H28O2Si2/c1-15(17-19(2,3)4)13-16(15,18-20(5,6)7)14-11-9-8-10-12-14/h8-12H,13H2,1-7H3/t15-,16-/m0/s1. The molecular weight excluding hydrogens is 280 g/mol. The van der Waals surface area contributed by atoms with Crippen LogP contribution in [0.1, 0.15) is 18.9 Å². The molecule has 2 atom stereocenters. The Bertz CT molecular complexity index is 475. The van der Waals surface area contributed by atoms with Crippen molar-refractivity contribution in [2.24, 2.45) is 0 Å². The summed E-state index contributed by atoms with van der Waals surface area (Å²) in [5.41, 5.74) is 0.862. The average molecular weight is 309 g/mol. The third kappa shape index (κ3) is 3.24. The number of rotatable bonds is 5. The van der Waals surface area contributed by atoms with Crippen LogP contribution in [0.25, 0.3) is 0 Å². The number of benzene rings is 1. The van der Waals surface area contributed by atoms with Gasteiger partial charge >= 0.3 is 0 Å². The Balaban J connectivity index is 2.35. The Kier molecular flexibility index (Phi) is 3.83. The fourth-order valence-electron chi connectivity index (χ4n) is 3.07. The van der Waals surface area contributed by atoms with Crippen LogP contribution in [0.2, 0.25) is 39.3 Å². The summed E-state index contributed by atoms with van der Waals surface area (Å²) < 4.78 is 13.1. The van der Waals surface area contributed by atoms with E-state index < -0.39 is 16.6 Å². The first kappa shape index (κ1) is 16.0. The average Bonchev–Trinajstić information content (AvgIpc) is 2.79. The van der Waals surface area contributed by atoms with E-state index in [0.29, 0.717) is 0 Å². The molecule has 0 bridgehead atoms. The van der Waals surface area contributed by atoms with E-state index in [1.165, 1.54) is 5.56 Å². The summed E-state index contributed by atoms with van der Waals surface area (Å²) in [4.78, 5) is 0.